The maximum Gasteiger partial charge on any atom is 0.410 e. The lowest BCUT2D eigenvalue weighted by atomic mass is 9.67. The van der Waals surface area contributed by atoms with Crippen LogP contribution >= 0.6 is 0 Å². The Bertz CT molecular complexity index is 789. The molecule has 1 aromatic rings. The van der Waals surface area contributed by atoms with Gasteiger partial charge in [-0.1, -0.05) is 18.2 Å². The number of ether oxygens (including phenoxy) is 1. The van der Waals surface area contributed by atoms with Crippen LogP contribution < -0.4 is 5.32 Å². The van der Waals surface area contributed by atoms with E-state index in [0.717, 1.165) is 31.6 Å². The summed E-state index contributed by atoms with van der Waals surface area (Å²) in [5.74, 6) is 1.54. The number of benzene rings is 1. The highest BCUT2D eigenvalue weighted by molar-refractivity contribution is 5.81. The minimum absolute atomic E-state index is 0.0149. The molecule has 1 aliphatic heterocycles. The van der Waals surface area contributed by atoms with Crippen LogP contribution in [0, 0.1) is 12.8 Å². The minimum atomic E-state index is -0.265. The van der Waals surface area contributed by atoms with Crippen LogP contribution in [0.5, 0.6) is 0 Å². The predicted molar refractivity (Wildman–Crippen MR) is 102 cm³/mol. The molecule has 0 unspecified atom stereocenters. The van der Waals surface area contributed by atoms with Gasteiger partial charge in [-0.3, -0.25) is 4.79 Å². The molecule has 1 spiro atoms. The Morgan fingerprint density at radius 2 is 1.96 bits per heavy atom. The molecule has 27 heavy (non-hydrogen) atoms. The monoisotopic (exact) mass is 368 g/mol. The van der Waals surface area contributed by atoms with Gasteiger partial charge in [0.05, 0.1) is 5.54 Å². The summed E-state index contributed by atoms with van der Waals surface area (Å²) in [5, 5.41) is 3.22. The van der Waals surface area contributed by atoms with E-state index in [1.165, 1.54) is 29.5 Å². The molecule has 4 fully saturated rings. The molecule has 1 heterocycles. The second kappa shape index (κ2) is 5.98. The average molecular weight is 368 g/mol. The number of likely N-dealkylation sites (N-methyl/N-ethyl adjacent to an activating group) is 1. The molecule has 2 amide bonds. The summed E-state index contributed by atoms with van der Waals surface area (Å²) in [6, 6.07) is 7.27. The molecule has 0 bridgehead atoms. The number of carbonyl (C=O) groups excluding carboxylic acids is 2. The van der Waals surface area contributed by atoms with Crippen molar-refractivity contribution in [3.8, 4) is 0 Å². The molecule has 4 aliphatic rings. The summed E-state index contributed by atoms with van der Waals surface area (Å²) in [5.41, 5.74) is 4.15. The highest BCUT2D eigenvalue weighted by Gasteiger charge is 2.56. The third-order valence-electron chi connectivity index (χ3n) is 7.34. The SMILES string of the molecule is Cc1cc(C2CC(NC(=O)C3CC4(COC(=O)N4C)C3)C2)ccc1C1CC1. The number of rotatable bonds is 4. The van der Waals surface area contributed by atoms with Gasteiger partial charge in [0.15, 0.2) is 0 Å². The van der Waals surface area contributed by atoms with Crippen molar-refractivity contribution in [1.29, 1.82) is 0 Å². The Hall–Kier alpha value is -2.04. The van der Waals surface area contributed by atoms with E-state index in [0.29, 0.717) is 18.6 Å². The standard InChI is InChI=1S/C22H28N2O3/c1-13-7-15(5-6-19(13)14-3-4-14)16-8-18(9-16)23-20(25)17-10-22(11-17)12-27-21(26)24(22)2/h5-7,14,16-18H,3-4,8-12H2,1-2H3,(H,23,25). The summed E-state index contributed by atoms with van der Waals surface area (Å²) >= 11 is 0. The van der Waals surface area contributed by atoms with E-state index < -0.39 is 0 Å². The number of nitrogens with zero attached hydrogens (tertiary/aromatic N) is 1. The van der Waals surface area contributed by atoms with Gasteiger partial charge < -0.3 is 15.0 Å². The fraction of sp³-hybridized carbons (Fsp3) is 0.636. The van der Waals surface area contributed by atoms with Crippen LogP contribution in [0.1, 0.15) is 67.1 Å². The summed E-state index contributed by atoms with van der Waals surface area (Å²) < 4.78 is 5.12. The number of cyclic esters (lactones) is 1. The van der Waals surface area contributed by atoms with Crippen LogP contribution in [0.4, 0.5) is 4.79 Å². The topological polar surface area (TPSA) is 58.6 Å². The summed E-state index contributed by atoms with van der Waals surface area (Å²) in [6.07, 6.45) is 5.93. The van der Waals surface area contributed by atoms with E-state index in [4.69, 9.17) is 4.74 Å². The Morgan fingerprint density at radius 1 is 1.22 bits per heavy atom. The molecule has 1 N–H and O–H groups in total. The quantitative estimate of drug-likeness (QED) is 0.885. The number of carbonyl (C=O) groups is 2. The Balaban J connectivity index is 1.11. The molecule has 1 saturated heterocycles. The number of nitrogens with one attached hydrogen (secondary N) is 1. The van der Waals surface area contributed by atoms with Crippen molar-refractivity contribution in [3.63, 3.8) is 0 Å². The van der Waals surface area contributed by atoms with E-state index >= 15 is 0 Å². The highest BCUT2D eigenvalue weighted by atomic mass is 16.6. The average Bonchev–Trinajstić information content (AvgIpc) is 3.36. The van der Waals surface area contributed by atoms with E-state index in [1.807, 2.05) is 0 Å². The Morgan fingerprint density at radius 3 is 2.56 bits per heavy atom. The molecule has 0 radical (unpaired) electrons. The first kappa shape index (κ1) is 17.1. The molecule has 5 nitrogen and oxygen atoms in total. The van der Waals surface area contributed by atoms with Gasteiger partial charge >= 0.3 is 6.09 Å². The van der Waals surface area contributed by atoms with Gasteiger partial charge in [-0.15, -0.1) is 0 Å². The second-order valence-corrected chi connectivity index (χ2v) is 9.21. The van der Waals surface area contributed by atoms with Crippen molar-refractivity contribution >= 4 is 12.0 Å². The number of amides is 2. The lowest BCUT2D eigenvalue weighted by molar-refractivity contribution is -0.133. The minimum Gasteiger partial charge on any atom is -0.447 e. The first-order valence-corrected chi connectivity index (χ1v) is 10.3. The third-order valence-corrected chi connectivity index (χ3v) is 7.34. The van der Waals surface area contributed by atoms with Crippen LogP contribution in [0.3, 0.4) is 0 Å². The van der Waals surface area contributed by atoms with Crippen LogP contribution in [0.25, 0.3) is 0 Å². The van der Waals surface area contributed by atoms with Gasteiger partial charge in [0.1, 0.15) is 6.61 Å². The van der Waals surface area contributed by atoms with Gasteiger partial charge in [-0.25, -0.2) is 4.79 Å². The molecule has 3 saturated carbocycles. The molecular formula is C22H28N2O3. The van der Waals surface area contributed by atoms with Crippen molar-refractivity contribution in [2.24, 2.45) is 5.92 Å². The number of hydrogen-bond acceptors (Lipinski definition) is 3. The number of aryl methyl sites for hydroxylation is 1. The van der Waals surface area contributed by atoms with Gasteiger partial charge in [0.25, 0.3) is 0 Å². The third kappa shape index (κ3) is 2.82. The van der Waals surface area contributed by atoms with Crippen molar-refractivity contribution in [2.45, 2.75) is 68.9 Å². The predicted octanol–water partition coefficient (Wildman–Crippen LogP) is 3.47. The molecule has 144 valence electrons. The van der Waals surface area contributed by atoms with Crippen LogP contribution in [0.2, 0.25) is 0 Å². The van der Waals surface area contributed by atoms with Gasteiger partial charge in [-0.05, 0) is 74.0 Å². The van der Waals surface area contributed by atoms with Crippen LogP contribution in [-0.2, 0) is 9.53 Å². The lowest BCUT2D eigenvalue weighted by Crippen LogP contribution is -2.59. The summed E-state index contributed by atoms with van der Waals surface area (Å²) in [6.45, 7) is 2.66. The van der Waals surface area contributed by atoms with Gasteiger partial charge in [-0.2, -0.15) is 0 Å². The molecule has 0 atom stereocenters. The molecule has 0 aromatic heterocycles. The van der Waals surface area contributed by atoms with Crippen LogP contribution in [-0.4, -0.2) is 42.1 Å². The molecular weight excluding hydrogens is 340 g/mol. The summed E-state index contributed by atoms with van der Waals surface area (Å²) in [4.78, 5) is 25.7. The first-order valence-electron chi connectivity index (χ1n) is 10.3. The van der Waals surface area contributed by atoms with Crippen molar-refractivity contribution in [2.75, 3.05) is 13.7 Å². The van der Waals surface area contributed by atoms with Gasteiger partial charge in [0.2, 0.25) is 5.91 Å². The maximum atomic E-state index is 12.5. The van der Waals surface area contributed by atoms with E-state index in [-0.39, 0.29) is 23.5 Å². The maximum absolute atomic E-state index is 12.5. The Labute approximate surface area is 160 Å². The van der Waals surface area contributed by atoms with Crippen LogP contribution in [0.15, 0.2) is 18.2 Å². The molecule has 5 rings (SSSR count). The molecule has 5 heteroatoms. The zero-order valence-electron chi connectivity index (χ0n) is 16.2. The van der Waals surface area contributed by atoms with Gasteiger partial charge in [0, 0.05) is 19.0 Å². The molecule has 3 aliphatic carbocycles. The summed E-state index contributed by atoms with van der Waals surface area (Å²) in [7, 11) is 1.77. The first-order chi connectivity index (χ1) is 12.9. The van der Waals surface area contributed by atoms with Crippen molar-refractivity contribution < 1.29 is 14.3 Å². The van der Waals surface area contributed by atoms with E-state index in [9.17, 15) is 9.59 Å². The highest BCUT2D eigenvalue weighted by Crippen LogP contribution is 2.46. The van der Waals surface area contributed by atoms with E-state index in [2.05, 4.69) is 30.4 Å². The Kier molecular flexibility index (Phi) is 3.78. The lowest BCUT2D eigenvalue weighted by Gasteiger charge is -2.47. The zero-order valence-corrected chi connectivity index (χ0v) is 16.2. The smallest absolute Gasteiger partial charge is 0.410 e. The molecule has 1 aromatic carbocycles. The zero-order chi connectivity index (χ0) is 18.8. The fourth-order valence-corrected chi connectivity index (χ4v) is 5.15. The normalized spacial score (nSPS) is 34.8. The largest absolute Gasteiger partial charge is 0.447 e. The number of hydrogen-bond donors (Lipinski definition) is 1. The van der Waals surface area contributed by atoms with Crippen molar-refractivity contribution in [3.05, 3.63) is 34.9 Å². The van der Waals surface area contributed by atoms with E-state index in [1.54, 1.807) is 11.9 Å². The second-order valence-electron chi connectivity index (χ2n) is 9.21. The fourth-order valence-electron chi connectivity index (χ4n) is 5.15. The van der Waals surface area contributed by atoms with Crippen molar-refractivity contribution in [1.82, 2.24) is 10.2 Å².